The minimum Gasteiger partial charge on any atom is -0.0619 e. The number of hydrogen-bond acceptors (Lipinski definition) is 0. The summed E-state index contributed by atoms with van der Waals surface area (Å²) in [6, 6.07) is 39.1. The van der Waals surface area contributed by atoms with Crippen LogP contribution < -0.4 is 0 Å². The highest BCUT2D eigenvalue weighted by atomic mass is 14.4. The molecule has 0 saturated carbocycles. The third-order valence-electron chi connectivity index (χ3n) is 8.58. The second-order valence-electron chi connectivity index (χ2n) is 12.3. The van der Waals surface area contributed by atoms with Gasteiger partial charge in [0.15, 0.2) is 0 Å². The highest BCUT2D eigenvalue weighted by Crippen LogP contribution is 2.50. The van der Waals surface area contributed by atoms with Crippen molar-refractivity contribution < 1.29 is 0 Å². The third kappa shape index (κ3) is 3.36. The van der Waals surface area contributed by atoms with E-state index >= 15 is 0 Å². The molecule has 0 bridgehead atoms. The SMILES string of the molecule is CC(C)(C)c1ccc2cc(-c3ccc4ccc5cc6c(cc5c4c3)C(C)(C)c3ccccc3-6)ccc2c1. The average Bonchev–Trinajstić information content (AvgIpc) is 3.12. The van der Waals surface area contributed by atoms with Crippen molar-refractivity contribution in [2.24, 2.45) is 0 Å². The highest BCUT2D eigenvalue weighted by molar-refractivity contribution is 6.11. The molecule has 0 N–H and O–H groups in total. The van der Waals surface area contributed by atoms with Gasteiger partial charge in [0, 0.05) is 5.41 Å². The molecular weight excluding hydrogens is 444 g/mol. The Bertz CT molecular complexity index is 1880. The first-order valence-electron chi connectivity index (χ1n) is 13.4. The van der Waals surface area contributed by atoms with Crippen LogP contribution in [0.15, 0.2) is 103 Å². The predicted octanol–water partition coefficient (Wildman–Crippen LogP) is 10.4. The molecular formula is C37H32. The predicted molar refractivity (Wildman–Crippen MR) is 161 cm³/mol. The Hall–Kier alpha value is -3.90. The van der Waals surface area contributed by atoms with Crippen LogP contribution in [0, 0.1) is 0 Å². The van der Waals surface area contributed by atoms with Crippen molar-refractivity contribution >= 4 is 32.3 Å². The molecule has 37 heavy (non-hydrogen) atoms. The molecule has 0 aliphatic heterocycles. The molecule has 0 radical (unpaired) electrons. The maximum absolute atomic E-state index is 2.46. The summed E-state index contributed by atoms with van der Waals surface area (Å²) in [5.74, 6) is 0. The van der Waals surface area contributed by atoms with Gasteiger partial charge in [-0.25, -0.2) is 0 Å². The van der Waals surface area contributed by atoms with Crippen molar-refractivity contribution in [3.05, 3.63) is 120 Å². The fraction of sp³-hybridized carbons (Fsp3) is 0.189. The lowest BCUT2D eigenvalue weighted by atomic mass is 9.81. The molecule has 1 aliphatic rings. The van der Waals surface area contributed by atoms with Gasteiger partial charge >= 0.3 is 0 Å². The fourth-order valence-electron chi connectivity index (χ4n) is 6.32. The summed E-state index contributed by atoms with van der Waals surface area (Å²) < 4.78 is 0. The van der Waals surface area contributed by atoms with Crippen LogP contribution in [0.1, 0.15) is 51.3 Å². The molecule has 0 amide bonds. The topological polar surface area (TPSA) is 0 Å². The molecule has 0 nitrogen and oxygen atoms in total. The van der Waals surface area contributed by atoms with Gasteiger partial charge in [-0.1, -0.05) is 113 Å². The Morgan fingerprint density at radius 3 is 1.92 bits per heavy atom. The first kappa shape index (κ1) is 22.3. The quantitative estimate of drug-likeness (QED) is 0.207. The summed E-state index contributed by atoms with van der Waals surface area (Å²) in [6.07, 6.45) is 0. The Morgan fingerprint density at radius 2 is 1.11 bits per heavy atom. The number of fused-ring (bicyclic) bond motifs is 7. The Kier molecular flexibility index (Phi) is 4.56. The van der Waals surface area contributed by atoms with Crippen LogP contribution in [0.3, 0.4) is 0 Å². The van der Waals surface area contributed by atoms with Crippen LogP contribution in [0.5, 0.6) is 0 Å². The van der Waals surface area contributed by atoms with Crippen molar-refractivity contribution in [1.29, 1.82) is 0 Å². The van der Waals surface area contributed by atoms with E-state index in [1.54, 1.807) is 0 Å². The van der Waals surface area contributed by atoms with Gasteiger partial charge in [0.1, 0.15) is 0 Å². The lowest BCUT2D eigenvalue weighted by Gasteiger charge is -2.22. The zero-order valence-electron chi connectivity index (χ0n) is 22.3. The standard InChI is InChI=1S/C37H32/c1-36(2,3)29-17-16-25-18-24(13-14-26(25)19-29)27-12-10-23-11-15-28-21-33-30-8-6-7-9-34(30)37(4,5)35(33)22-32(28)31(23)20-27/h6-22H,1-5H3. The van der Waals surface area contributed by atoms with Gasteiger partial charge in [-0.3, -0.25) is 0 Å². The molecule has 0 aromatic heterocycles. The maximum atomic E-state index is 2.46. The summed E-state index contributed by atoms with van der Waals surface area (Å²) in [5, 5.41) is 7.87. The summed E-state index contributed by atoms with van der Waals surface area (Å²) >= 11 is 0. The monoisotopic (exact) mass is 476 g/mol. The Labute approximate surface area is 219 Å². The molecule has 0 fully saturated rings. The van der Waals surface area contributed by atoms with Gasteiger partial charge in [0.25, 0.3) is 0 Å². The Balaban J connectivity index is 1.40. The smallest absolute Gasteiger partial charge is 0.0159 e. The molecule has 1 aliphatic carbocycles. The van der Waals surface area contributed by atoms with Gasteiger partial charge in [0.05, 0.1) is 0 Å². The number of hydrogen-bond donors (Lipinski definition) is 0. The van der Waals surface area contributed by atoms with E-state index in [4.69, 9.17) is 0 Å². The first-order valence-corrected chi connectivity index (χ1v) is 13.4. The normalized spacial score (nSPS) is 14.3. The lowest BCUT2D eigenvalue weighted by Crippen LogP contribution is -2.14. The van der Waals surface area contributed by atoms with Gasteiger partial charge in [-0.15, -0.1) is 0 Å². The van der Waals surface area contributed by atoms with Crippen LogP contribution >= 0.6 is 0 Å². The summed E-state index contributed by atoms with van der Waals surface area (Å²) in [4.78, 5) is 0. The average molecular weight is 477 g/mol. The minimum absolute atomic E-state index is 0.00411. The van der Waals surface area contributed by atoms with Gasteiger partial charge < -0.3 is 0 Å². The van der Waals surface area contributed by atoms with Crippen molar-refractivity contribution in [2.45, 2.75) is 45.4 Å². The zero-order chi connectivity index (χ0) is 25.5. The van der Waals surface area contributed by atoms with E-state index < -0.39 is 0 Å². The highest BCUT2D eigenvalue weighted by Gasteiger charge is 2.35. The van der Waals surface area contributed by atoms with Gasteiger partial charge in [0.2, 0.25) is 0 Å². The summed E-state index contributed by atoms with van der Waals surface area (Å²) in [5.41, 5.74) is 9.69. The van der Waals surface area contributed by atoms with Crippen LogP contribution in [0.2, 0.25) is 0 Å². The lowest BCUT2D eigenvalue weighted by molar-refractivity contribution is 0.591. The van der Waals surface area contributed by atoms with Crippen molar-refractivity contribution in [1.82, 2.24) is 0 Å². The van der Waals surface area contributed by atoms with E-state index in [9.17, 15) is 0 Å². The van der Waals surface area contributed by atoms with Crippen molar-refractivity contribution in [3.8, 4) is 22.3 Å². The number of rotatable bonds is 1. The summed E-state index contributed by atoms with van der Waals surface area (Å²) in [6.45, 7) is 11.5. The third-order valence-corrected chi connectivity index (χ3v) is 8.58. The summed E-state index contributed by atoms with van der Waals surface area (Å²) in [7, 11) is 0. The van der Waals surface area contributed by atoms with Crippen molar-refractivity contribution in [2.75, 3.05) is 0 Å². The molecule has 0 atom stereocenters. The van der Waals surface area contributed by atoms with Crippen LogP contribution in [-0.2, 0) is 10.8 Å². The van der Waals surface area contributed by atoms with E-state index in [0.717, 1.165) is 0 Å². The van der Waals surface area contributed by atoms with E-state index in [0.29, 0.717) is 0 Å². The molecule has 7 rings (SSSR count). The van der Waals surface area contributed by atoms with E-state index in [2.05, 4.69) is 138 Å². The van der Waals surface area contributed by atoms with E-state index in [1.807, 2.05) is 0 Å². The van der Waals surface area contributed by atoms with Crippen LogP contribution in [-0.4, -0.2) is 0 Å². The second kappa shape index (κ2) is 7.56. The van der Waals surface area contributed by atoms with Gasteiger partial charge in [-0.2, -0.15) is 0 Å². The maximum Gasteiger partial charge on any atom is 0.0159 e. The second-order valence-corrected chi connectivity index (χ2v) is 12.3. The number of benzene rings is 6. The van der Waals surface area contributed by atoms with Gasteiger partial charge in [-0.05, 0) is 101 Å². The van der Waals surface area contributed by atoms with Crippen molar-refractivity contribution in [3.63, 3.8) is 0 Å². The molecule has 6 aromatic carbocycles. The van der Waals surface area contributed by atoms with E-state index in [1.165, 1.54) is 71.3 Å². The minimum atomic E-state index is 0.00411. The van der Waals surface area contributed by atoms with Crippen LogP contribution in [0.4, 0.5) is 0 Å². The molecule has 0 unspecified atom stereocenters. The largest absolute Gasteiger partial charge is 0.0619 e. The van der Waals surface area contributed by atoms with Crippen LogP contribution in [0.25, 0.3) is 54.6 Å². The van der Waals surface area contributed by atoms with E-state index in [-0.39, 0.29) is 10.8 Å². The molecule has 0 heteroatoms. The molecule has 6 aromatic rings. The molecule has 0 saturated heterocycles. The zero-order valence-corrected chi connectivity index (χ0v) is 22.3. The Morgan fingerprint density at radius 1 is 0.486 bits per heavy atom. The molecule has 0 spiro atoms. The molecule has 180 valence electrons. The fourth-order valence-corrected chi connectivity index (χ4v) is 6.32. The molecule has 0 heterocycles. The first-order chi connectivity index (χ1) is 17.7.